The van der Waals surface area contributed by atoms with E-state index in [4.69, 9.17) is 0 Å². The maximum atomic E-state index is 4.50. The highest BCUT2D eigenvalue weighted by molar-refractivity contribution is 7.98. The predicted octanol–water partition coefficient (Wildman–Crippen LogP) is 1.79. The van der Waals surface area contributed by atoms with E-state index < -0.39 is 0 Å². The van der Waals surface area contributed by atoms with Gasteiger partial charge in [0.05, 0.1) is 5.69 Å². The van der Waals surface area contributed by atoms with Gasteiger partial charge in [0.2, 0.25) is 0 Å². The monoisotopic (exact) mass is 306 g/mol. The van der Waals surface area contributed by atoms with Crippen LogP contribution in [0.2, 0.25) is 0 Å². The molecule has 1 aliphatic rings. The average Bonchev–Trinajstić information content (AvgIpc) is 3.13. The largest absolute Gasteiger partial charge is 0.316 e. The van der Waals surface area contributed by atoms with Crippen molar-refractivity contribution in [3.63, 3.8) is 0 Å². The second kappa shape index (κ2) is 6.62. The molecule has 0 unspecified atom stereocenters. The summed E-state index contributed by atoms with van der Waals surface area (Å²) in [6.07, 6.45) is 4.44. The summed E-state index contributed by atoms with van der Waals surface area (Å²) >= 11 is 1.70. The Morgan fingerprint density at radius 2 is 2.33 bits per heavy atom. The number of nitrogens with zero attached hydrogens (tertiary/aromatic N) is 5. The molecular weight excluding hydrogens is 284 g/mol. The van der Waals surface area contributed by atoms with Crippen LogP contribution in [0.25, 0.3) is 0 Å². The predicted molar refractivity (Wildman–Crippen MR) is 83.3 cm³/mol. The van der Waals surface area contributed by atoms with Crippen molar-refractivity contribution in [1.29, 1.82) is 0 Å². The summed E-state index contributed by atoms with van der Waals surface area (Å²) in [7, 11) is 2.07. The van der Waals surface area contributed by atoms with Crippen LogP contribution < -0.4 is 5.32 Å². The van der Waals surface area contributed by atoms with E-state index in [1.54, 1.807) is 11.8 Å². The van der Waals surface area contributed by atoms with Crippen molar-refractivity contribution in [1.82, 2.24) is 29.9 Å². The lowest BCUT2D eigenvalue weighted by Crippen LogP contribution is -2.29. The minimum Gasteiger partial charge on any atom is -0.316 e. The molecule has 0 saturated carbocycles. The van der Waals surface area contributed by atoms with Gasteiger partial charge in [0, 0.05) is 38.0 Å². The van der Waals surface area contributed by atoms with E-state index in [0.29, 0.717) is 5.92 Å². The molecule has 1 N–H and O–H groups in total. The number of piperidine rings is 1. The zero-order chi connectivity index (χ0) is 14.7. The van der Waals surface area contributed by atoms with Gasteiger partial charge in [-0.25, -0.2) is 0 Å². The number of rotatable bonds is 5. The minimum absolute atomic E-state index is 0.491. The maximum Gasteiger partial charge on any atom is 0.191 e. The second-order valence-corrected chi connectivity index (χ2v) is 6.34. The average molecular weight is 306 g/mol. The van der Waals surface area contributed by atoms with Crippen molar-refractivity contribution in [2.24, 2.45) is 7.05 Å². The van der Waals surface area contributed by atoms with Crippen LogP contribution in [0.15, 0.2) is 17.4 Å². The Bertz CT molecular complexity index is 584. The molecule has 0 aromatic carbocycles. The lowest BCUT2D eigenvalue weighted by molar-refractivity contribution is 0.436. The fraction of sp³-hybridized carbons (Fsp3) is 0.643. The number of hydrogen-bond donors (Lipinski definition) is 1. The highest BCUT2D eigenvalue weighted by Gasteiger charge is 2.21. The molecule has 1 saturated heterocycles. The van der Waals surface area contributed by atoms with Gasteiger partial charge in [0.1, 0.15) is 5.82 Å². The number of aryl methyl sites for hydroxylation is 1. The molecule has 0 radical (unpaired) electrons. The summed E-state index contributed by atoms with van der Waals surface area (Å²) in [5.74, 6) is 2.43. The van der Waals surface area contributed by atoms with Gasteiger partial charge < -0.3 is 9.88 Å². The quantitative estimate of drug-likeness (QED) is 0.854. The molecule has 6 nitrogen and oxygen atoms in total. The van der Waals surface area contributed by atoms with E-state index in [1.165, 1.54) is 12.8 Å². The van der Waals surface area contributed by atoms with Crippen LogP contribution in [0.1, 0.15) is 37.2 Å². The first-order valence-corrected chi connectivity index (χ1v) is 8.51. The van der Waals surface area contributed by atoms with Crippen LogP contribution in [0.5, 0.6) is 0 Å². The highest BCUT2D eigenvalue weighted by atomic mass is 32.2. The Kier molecular flexibility index (Phi) is 4.60. The first-order valence-electron chi connectivity index (χ1n) is 7.53. The van der Waals surface area contributed by atoms with Crippen LogP contribution in [-0.4, -0.2) is 37.6 Å². The van der Waals surface area contributed by atoms with Gasteiger partial charge >= 0.3 is 0 Å². The zero-order valence-corrected chi connectivity index (χ0v) is 13.4. The first-order chi connectivity index (χ1) is 10.3. The summed E-state index contributed by atoms with van der Waals surface area (Å²) in [4.78, 5) is 0. The molecule has 3 rings (SSSR count). The van der Waals surface area contributed by atoms with Gasteiger partial charge in [-0.3, -0.25) is 4.68 Å². The van der Waals surface area contributed by atoms with E-state index in [0.717, 1.165) is 42.1 Å². The minimum atomic E-state index is 0.491. The summed E-state index contributed by atoms with van der Waals surface area (Å²) in [6, 6.07) is 2.07. The number of thioether (sulfide) groups is 1. The highest BCUT2D eigenvalue weighted by Crippen LogP contribution is 2.26. The molecule has 1 fully saturated rings. The molecule has 0 amide bonds. The van der Waals surface area contributed by atoms with Gasteiger partial charge in [-0.1, -0.05) is 11.8 Å². The van der Waals surface area contributed by atoms with Crippen LogP contribution in [0, 0.1) is 0 Å². The van der Waals surface area contributed by atoms with E-state index in [2.05, 4.69) is 45.2 Å². The Morgan fingerprint density at radius 1 is 1.43 bits per heavy atom. The van der Waals surface area contributed by atoms with E-state index >= 15 is 0 Å². The molecule has 0 bridgehead atoms. The fourth-order valence-electron chi connectivity index (χ4n) is 2.67. The summed E-state index contributed by atoms with van der Waals surface area (Å²) in [6.45, 7) is 5.14. The standard InChI is InChI=1S/C14H22N6S/c1-3-20-8-6-12(18-20)10-21-14-17-16-13(19(14)2)11-5-4-7-15-9-11/h6,8,11,15H,3-5,7,9-10H2,1-2H3/t11-/m1/s1. The van der Waals surface area contributed by atoms with Crippen molar-refractivity contribution in [2.75, 3.05) is 13.1 Å². The van der Waals surface area contributed by atoms with Gasteiger partial charge in [-0.2, -0.15) is 5.10 Å². The summed E-state index contributed by atoms with van der Waals surface area (Å²) < 4.78 is 4.09. The normalized spacial score (nSPS) is 19.0. The maximum absolute atomic E-state index is 4.50. The van der Waals surface area contributed by atoms with Crippen LogP contribution >= 0.6 is 11.8 Å². The first kappa shape index (κ1) is 14.6. The van der Waals surface area contributed by atoms with Crippen LogP contribution in [0.3, 0.4) is 0 Å². The second-order valence-electron chi connectivity index (χ2n) is 5.39. The molecule has 0 aliphatic carbocycles. The molecular formula is C14H22N6S. The van der Waals surface area contributed by atoms with E-state index in [-0.39, 0.29) is 0 Å². The number of nitrogens with one attached hydrogen (secondary N) is 1. The Morgan fingerprint density at radius 3 is 3.05 bits per heavy atom. The van der Waals surface area contributed by atoms with E-state index in [1.807, 2.05) is 10.9 Å². The zero-order valence-electron chi connectivity index (χ0n) is 12.6. The lowest BCUT2D eigenvalue weighted by Gasteiger charge is -2.21. The molecule has 1 aliphatic heterocycles. The summed E-state index contributed by atoms with van der Waals surface area (Å²) in [5, 5.41) is 17.7. The summed E-state index contributed by atoms with van der Waals surface area (Å²) in [5.41, 5.74) is 1.09. The molecule has 0 spiro atoms. The Labute approximate surface area is 129 Å². The molecule has 114 valence electrons. The number of aromatic nitrogens is 5. The molecule has 7 heteroatoms. The van der Waals surface area contributed by atoms with Crippen molar-refractivity contribution in [3.8, 4) is 0 Å². The molecule has 3 heterocycles. The molecule has 2 aromatic rings. The third kappa shape index (κ3) is 3.29. The SMILES string of the molecule is CCn1ccc(CSc2nnc([C@@H]3CCCNC3)n2C)n1. The van der Waals surface area contributed by atoms with Crippen molar-refractivity contribution < 1.29 is 0 Å². The van der Waals surface area contributed by atoms with Gasteiger partial charge in [0.25, 0.3) is 0 Å². The van der Waals surface area contributed by atoms with Gasteiger partial charge in [-0.05, 0) is 32.4 Å². The van der Waals surface area contributed by atoms with Crippen LogP contribution in [-0.2, 0) is 19.3 Å². The third-order valence-corrected chi connectivity index (χ3v) is 4.95. The van der Waals surface area contributed by atoms with Crippen molar-refractivity contribution in [3.05, 3.63) is 23.8 Å². The van der Waals surface area contributed by atoms with Gasteiger partial charge in [0.15, 0.2) is 5.16 Å². The van der Waals surface area contributed by atoms with Crippen molar-refractivity contribution in [2.45, 2.75) is 43.1 Å². The smallest absolute Gasteiger partial charge is 0.191 e. The topological polar surface area (TPSA) is 60.6 Å². The molecule has 1 atom stereocenters. The van der Waals surface area contributed by atoms with Gasteiger partial charge in [-0.15, -0.1) is 10.2 Å². The number of hydrogen-bond acceptors (Lipinski definition) is 5. The Hall–Kier alpha value is -1.34. The molecule has 21 heavy (non-hydrogen) atoms. The van der Waals surface area contributed by atoms with Crippen molar-refractivity contribution >= 4 is 11.8 Å². The van der Waals surface area contributed by atoms with E-state index in [9.17, 15) is 0 Å². The molecule has 2 aromatic heterocycles. The third-order valence-electron chi connectivity index (χ3n) is 3.90. The van der Waals surface area contributed by atoms with Crippen LogP contribution in [0.4, 0.5) is 0 Å². The fourth-order valence-corrected chi connectivity index (χ4v) is 3.49. The lowest BCUT2D eigenvalue weighted by atomic mass is 9.99. The Balaban J connectivity index is 1.64.